The molecule has 0 spiro atoms. The minimum absolute atomic E-state index is 0.109. The van der Waals surface area contributed by atoms with Gasteiger partial charge in [-0.2, -0.15) is 0 Å². The van der Waals surface area contributed by atoms with Crippen molar-refractivity contribution in [3.8, 4) is 0 Å². The van der Waals surface area contributed by atoms with E-state index in [1.54, 1.807) is 0 Å². The number of aliphatic hydroxyl groups excluding tert-OH is 1. The molecule has 0 radical (unpaired) electrons. The third-order valence-corrected chi connectivity index (χ3v) is 2.99. The SMILES string of the molecule is CN(CC1CCOCC1)C(CN)CO. The Labute approximate surface area is 86.0 Å². The van der Waals surface area contributed by atoms with Gasteiger partial charge in [0.2, 0.25) is 0 Å². The molecule has 14 heavy (non-hydrogen) atoms. The molecule has 0 bridgehead atoms. The van der Waals surface area contributed by atoms with E-state index in [0.717, 1.165) is 32.6 Å². The van der Waals surface area contributed by atoms with Crippen LogP contribution in [-0.4, -0.2) is 56.0 Å². The van der Waals surface area contributed by atoms with Gasteiger partial charge in [-0.1, -0.05) is 0 Å². The summed E-state index contributed by atoms with van der Waals surface area (Å²) in [6, 6.07) is 0.109. The summed E-state index contributed by atoms with van der Waals surface area (Å²) in [7, 11) is 2.03. The predicted octanol–water partition coefficient (Wildman–Crippen LogP) is -0.336. The highest BCUT2D eigenvalue weighted by Crippen LogP contribution is 2.16. The first-order chi connectivity index (χ1) is 6.77. The molecular weight excluding hydrogens is 180 g/mol. The van der Waals surface area contributed by atoms with Gasteiger partial charge in [0.05, 0.1) is 6.61 Å². The Kier molecular flexibility index (Phi) is 5.40. The lowest BCUT2D eigenvalue weighted by Gasteiger charge is -2.31. The normalized spacial score (nSPS) is 21.4. The second kappa shape index (κ2) is 6.35. The van der Waals surface area contributed by atoms with Crippen molar-refractivity contribution < 1.29 is 9.84 Å². The van der Waals surface area contributed by atoms with E-state index < -0.39 is 0 Å². The molecule has 0 aliphatic carbocycles. The second-order valence-corrected chi connectivity index (χ2v) is 4.07. The number of nitrogens with zero attached hydrogens (tertiary/aromatic N) is 1. The number of likely N-dealkylation sites (N-methyl/N-ethyl adjacent to an activating group) is 1. The molecule has 1 aliphatic rings. The van der Waals surface area contributed by atoms with E-state index in [2.05, 4.69) is 4.90 Å². The molecule has 0 aromatic carbocycles. The minimum atomic E-state index is 0.109. The molecule has 1 saturated heterocycles. The quantitative estimate of drug-likeness (QED) is 0.640. The van der Waals surface area contributed by atoms with Crippen LogP contribution in [0.25, 0.3) is 0 Å². The molecule has 1 heterocycles. The molecule has 4 nitrogen and oxygen atoms in total. The maximum Gasteiger partial charge on any atom is 0.0599 e. The van der Waals surface area contributed by atoms with Crippen molar-refractivity contribution in [3.63, 3.8) is 0 Å². The molecule has 1 atom stereocenters. The van der Waals surface area contributed by atoms with E-state index in [0.29, 0.717) is 12.5 Å². The topological polar surface area (TPSA) is 58.7 Å². The predicted molar refractivity (Wildman–Crippen MR) is 56.1 cm³/mol. The maximum absolute atomic E-state index is 9.08. The number of ether oxygens (including phenoxy) is 1. The molecule has 3 N–H and O–H groups in total. The molecule has 1 aliphatic heterocycles. The van der Waals surface area contributed by atoms with Crippen molar-refractivity contribution in [2.24, 2.45) is 11.7 Å². The van der Waals surface area contributed by atoms with Gasteiger partial charge in [0.15, 0.2) is 0 Å². The van der Waals surface area contributed by atoms with Crippen molar-refractivity contribution in [1.82, 2.24) is 4.90 Å². The highest BCUT2D eigenvalue weighted by molar-refractivity contribution is 4.73. The molecule has 0 amide bonds. The fraction of sp³-hybridized carbons (Fsp3) is 1.00. The van der Waals surface area contributed by atoms with Gasteiger partial charge in [-0.25, -0.2) is 0 Å². The first-order valence-corrected chi connectivity index (χ1v) is 5.36. The Morgan fingerprint density at radius 1 is 1.50 bits per heavy atom. The molecule has 0 saturated carbocycles. The Morgan fingerprint density at radius 2 is 2.14 bits per heavy atom. The molecule has 1 rings (SSSR count). The van der Waals surface area contributed by atoms with E-state index >= 15 is 0 Å². The van der Waals surface area contributed by atoms with Crippen LogP contribution in [0.5, 0.6) is 0 Å². The highest BCUT2D eigenvalue weighted by atomic mass is 16.5. The Morgan fingerprint density at radius 3 is 2.64 bits per heavy atom. The smallest absolute Gasteiger partial charge is 0.0599 e. The Balaban J connectivity index is 2.26. The molecule has 84 valence electrons. The zero-order valence-corrected chi connectivity index (χ0v) is 8.98. The fourth-order valence-corrected chi connectivity index (χ4v) is 1.88. The summed E-state index contributed by atoms with van der Waals surface area (Å²) < 4.78 is 5.30. The van der Waals surface area contributed by atoms with Crippen molar-refractivity contribution in [3.05, 3.63) is 0 Å². The number of hydrogen-bond donors (Lipinski definition) is 2. The van der Waals surface area contributed by atoms with E-state index in [1.807, 2.05) is 7.05 Å². The number of rotatable bonds is 5. The summed E-state index contributed by atoms with van der Waals surface area (Å²) in [6.07, 6.45) is 2.26. The van der Waals surface area contributed by atoms with Crippen LogP contribution in [0.2, 0.25) is 0 Å². The number of nitrogens with two attached hydrogens (primary N) is 1. The summed E-state index contributed by atoms with van der Waals surface area (Å²) in [6.45, 7) is 3.45. The summed E-state index contributed by atoms with van der Waals surface area (Å²) >= 11 is 0. The van der Waals surface area contributed by atoms with Crippen molar-refractivity contribution >= 4 is 0 Å². The summed E-state index contributed by atoms with van der Waals surface area (Å²) in [5.74, 6) is 0.703. The molecular formula is C10H22N2O2. The second-order valence-electron chi connectivity index (χ2n) is 4.07. The Hall–Kier alpha value is -0.160. The van der Waals surface area contributed by atoms with E-state index in [4.69, 9.17) is 15.6 Å². The van der Waals surface area contributed by atoms with Gasteiger partial charge >= 0.3 is 0 Å². The molecule has 4 heteroatoms. The lowest BCUT2D eigenvalue weighted by Crippen LogP contribution is -2.43. The fourth-order valence-electron chi connectivity index (χ4n) is 1.88. The maximum atomic E-state index is 9.08. The Bertz CT molecular complexity index is 145. The standard InChI is InChI=1S/C10H22N2O2/c1-12(10(6-11)8-13)7-9-2-4-14-5-3-9/h9-10,13H,2-8,11H2,1H3. The first kappa shape index (κ1) is 11.9. The third-order valence-electron chi connectivity index (χ3n) is 2.99. The van der Waals surface area contributed by atoms with Gasteiger partial charge in [-0.3, -0.25) is 4.90 Å². The summed E-state index contributed by atoms with van der Waals surface area (Å²) in [5.41, 5.74) is 5.56. The van der Waals surface area contributed by atoms with Crippen molar-refractivity contribution in [2.75, 3.05) is 40.0 Å². The first-order valence-electron chi connectivity index (χ1n) is 5.36. The number of aliphatic hydroxyl groups is 1. The van der Waals surface area contributed by atoms with Crippen LogP contribution in [0.15, 0.2) is 0 Å². The lowest BCUT2D eigenvalue weighted by atomic mass is 9.99. The monoisotopic (exact) mass is 202 g/mol. The van der Waals surface area contributed by atoms with Crippen LogP contribution in [0.1, 0.15) is 12.8 Å². The van der Waals surface area contributed by atoms with E-state index in [1.165, 1.54) is 0 Å². The summed E-state index contributed by atoms with van der Waals surface area (Å²) in [5, 5.41) is 9.08. The van der Waals surface area contributed by atoms with Crippen LogP contribution in [0.4, 0.5) is 0 Å². The van der Waals surface area contributed by atoms with E-state index in [-0.39, 0.29) is 12.6 Å². The average molecular weight is 202 g/mol. The van der Waals surface area contributed by atoms with Gasteiger partial charge < -0.3 is 15.6 Å². The number of hydrogen-bond acceptors (Lipinski definition) is 4. The van der Waals surface area contributed by atoms with Crippen LogP contribution in [0, 0.1) is 5.92 Å². The largest absolute Gasteiger partial charge is 0.395 e. The molecule has 1 unspecified atom stereocenters. The lowest BCUT2D eigenvalue weighted by molar-refractivity contribution is 0.0455. The van der Waals surface area contributed by atoms with Crippen LogP contribution >= 0.6 is 0 Å². The van der Waals surface area contributed by atoms with Crippen LogP contribution < -0.4 is 5.73 Å². The van der Waals surface area contributed by atoms with Gasteiger partial charge in [-0.15, -0.1) is 0 Å². The zero-order chi connectivity index (χ0) is 10.4. The van der Waals surface area contributed by atoms with Crippen LogP contribution in [0.3, 0.4) is 0 Å². The van der Waals surface area contributed by atoms with Crippen molar-refractivity contribution in [2.45, 2.75) is 18.9 Å². The molecule has 1 fully saturated rings. The van der Waals surface area contributed by atoms with Gasteiger partial charge in [-0.05, 0) is 25.8 Å². The molecule has 0 aromatic heterocycles. The van der Waals surface area contributed by atoms with Gasteiger partial charge in [0, 0.05) is 32.3 Å². The van der Waals surface area contributed by atoms with Crippen LogP contribution in [-0.2, 0) is 4.74 Å². The van der Waals surface area contributed by atoms with E-state index in [9.17, 15) is 0 Å². The minimum Gasteiger partial charge on any atom is -0.395 e. The third kappa shape index (κ3) is 3.53. The van der Waals surface area contributed by atoms with Crippen molar-refractivity contribution in [1.29, 1.82) is 0 Å². The summed E-state index contributed by atoms with van der Waals surface area (Å²) in [4.78, 5) is 2.16. The highest BCUT2D eigenvalue weighted by Gasteiger charge is 2.19. The average Bonchev–Trinajstić information content (AvgIpc) is 2.21. The zero-order valence-electron chi connectivity index (χ0n) is 8.98. The van der Waals surface area contributed by atoms with Gasteiger partial charge in [0.1, 0.15) is 0 Å². The molecule has 0 aromatic rings. The van der Waals surface area contributed by atoms with Gasteiger partial charge in [0.25, 0.3) is 0 Å².